The Morgan fingerprint density at radius 1 is 1.12 bits per heavy atom. The van der Waals surface area contributed by atoms with E-state index >= 15 is 0 Å². The Bertz CT molecular complexity index is 821. The topological polar surface area (TPSA) is 73.2 Å². The van der Waals surface area contributed by atoms with E-state index in [-0.39, 0.29) is 5.75 Å². The molecule has 0 unspecified atom stereocenters. The van der Waals surface area contributed by atoms with Gasteiger partial charge < -0.3 is 9.30 Å². The number of fused-ring (bicyclic) bond motifs is 1. The lowest BCUT2D eigenvalue weighted by Crippen LogP contribution is -2.27. The number of aryl methyl sites for hydroxylation is 1. The third-order valence-corrected chi connectivity index (χ3v) is 5.90. The lowest BCUT2D eigenvalue weighted by molar-refractivity contribution is 0.155. The van der Waals surface area contributed by atoms with Gasteiger partial charge in [-0.05, 0) is 49.9 Å². The number of anilines is 1. The van der Waals surface area contributed by atoms with Gasteiger partial charge in [0.05, 0.1) is 18.2 Å². The zero-order chi connectivity index (χ0) is 16.6. The van der Waals surface area contributed by atoms with Crippen molar-refractivity contribution >= 4 is 15.8 Å². The van der Waals surface area contributed by atoms with E-state index in [9.17, 15) is 8.42 Å². The molecule has 2 heterocycles. The second-order valence-corrected chi connectivity index (χ2v) is 8.30. The van der Waals surface area contributed by atoms with Crippen molar-refractivity contribution in [3.63, 3.8) is 0 Å². The van der Waals surface area contributed by atoms with Crippen LogP contribution in [0.5, 0.6) is 5.75 Å². The van der Waals surface area contributed by atoms with Crippen LogP contribution in [0.1, 0.15) is 32.1 Å². The summed E-state index contributed by atoms with van der Waals surface area (Å²) in [5, 5.41) is 0. The third-order valence-electron chi connectivity index (χ3n) is 4.67. The van der Waals surface area contributed by atoms with E-state index in [0.717, 1.165) is 24.2 Å². The van der Waals surface area contributed by atoms with Crippen LogP contribution in [0.25, 0.3) is 11.3 Å². The standard InChI is InChI=1S/C17H21N3O3S/c21-24(22)11-10-20-12-18-16(17(20)19-24)13-6-8-15(9-7-13)23-14-4-2-1-3-5-14/h6-9,12,14,19H,1-5,10-11H2. The van der Waals surface area contributed by atoms with Gasteiger partial charge in [0.2, 0.25) is 10.0 Å². The number of sulfonamides is 1. The van der Waals surface area contributed by atoms with Crippen LogP contribution < -0.4 is 9.46 Å². The van der Waals surface area contributed by atoms with E-state index in [1.807, 2.05) is 28.8 Å². The lowest BCUT2D eigenvalue weighted by Gasteiger charge is -2.23. The summed E-state index contributed by atoms with van der Waals surface area (Å²) in [6.45, 7) is 0.431. The van der Waals surface area contributed by atoms with Crippen LogP contribution in [0.2, 0.25) is 0 Å². The first kappa shape index (κ1) is 15.5. The van der Waals surface area contributed by atoms with Gasteiger partial charge in [-0.25, -0.2) is 13.4 Å². The quantitative estimate of drug-likeness (QED) is 0.926. The average molecular weight is 347 g/mol. The molecule has 0 atom stereocenters. The number of nitrogens with one attached hydrogen (secondary N) is 1. The molecule has 7 heteroatoms. The fourth-order valence-electron chi connectivity index (χ4n) is 3.35. The van der Waals surface area contributed by atoms with Crippen LogP contribution in [0.15, 0.2) is 30.6 Å². The molecule has 1 fully saturated rings. The number of hydrogen-bond donors (Lipinski definition) is 1. The van der Waals surface area contributed by atoms with Crippen molar-refractivity contribution in [1.29, 1.82) is 0 Å². The summed E-state index contributed by atoms with van der Waals surface area (Å²) >= 11 is 0. The van der Waals surface area contributed by atoms with E-state index in [1.54, 1.807) is 6.33 Å². The Kier molecular flexibility index (Phi) is 3.96. The van der Waals surface area contributed by atoms with Gasteiger partial charge >= 0.3 is 0 Å². The predicted octanol–water partition coefficient (Wildman–Crippen LogP) is 3.02. The van der Waals surface area contributed by atoms with Crippen molar-refractivity contribution in [2.45, 2.75) is 44.8 Å². The molecule has 1 aromatic heterocycles. The van der Waals surface area contributed by atoms with Crippen LogP contribution in [0.3, 0.4) is 0 Å². The fourth-order valence-corrected chi connectivity index (χ4v) is 4.40. The summed E-state index contributed by atoms with van der Waals surface area (Å²) < 4.78 is 34.1. The molecular weight excluding hydrogens is 326 g/mol. The molecule has 1 N–H and O–H groups in total. The van der Waals surface area contributed by atoms with Gasteiger partial charge in [0.15, 0.2) is 0 Å². The molecule has 4 rings (SSSR count). The highest BCUT2D eigenvalue weighted by Gasteiger charge is 2.24. The number of benzene rings is 1. The average Bonchev–Trinajstić information content (AvgIpc) is 2.98. The molecule has 0 saturated heterocycles. The molecule has 6 nitrogen and oxygen atoms in total. The van der Waals surface area contributed by atoms with Crippen LogP contribution in [-0.2, 0) is 16.6 Å². The van der Waals surface area contributed by atoms with E-state index in [1.165, 1.54) is 19.3 Å². The van der Waals surface area contributed by atoms with Crippen LogP contribution >= 0.6 is 0 Å². The van der Waals surface area contributed by atoms with E-state index in [2.05, 4.69) is 9.71 Å². The molecule has 0 spiro atoms. The monoisotopic (exact) mass is 347 g/mol. The van der Waals surface area contributed by atoms with Crippen molar-refractivity contribution in [3.05, 3.63) is 30.6 Å². The van der Waals surface area contributed by atoms with Crippen LogP contribution in [0, 0.1) is 0 Å². The second-order valence-electron chi connectivity index (χ2n) is 6.46. The lowest BCUT2D eigenvalue weighted by atomic mass is 9.98. The SMILES string of the molecule is O=S1(=O)CCn2cnc(-c3ccc(OC4CCCCC4)cc3)c2N1. The minimum atomic E-state index is -3.26. The Labute approximate surface area is 141 Å². The molecule has 1 aromatic carbocycles. The number of nitrogens with zero attached hydrogens (tertiary/aromatic N) is 2. The Hall–Kier alpha value is -2.02. The smallest absolute Gasteiger partial charge is 0.235 e. The van der Waals surface area contributed by atoms with Crippen molar-refractivity contribution in [2.24, 2.45) is 0 Å². The Balaban J connectivity index is 1.54. The molecule has 128 valence electrons. The molecule has 0 radical (unpaired) electrons. The maximum absolute atomic E-state index is 11.8. The molecule has 0 amide bonds. The summed E-state index contributed by atoms with van der Waals surface area (Å²) in [7, 11) is -3.26. The minimum absolute atomic E-state index is 0.0873. The van der Waals surface area contributed by atoms with Crippen molar-refractivity contribution in [3.8, 4) is 17.0 Å². The number of imidazole rings is 1. The predicted molar refractivity (Wildman–Crippen MR) is 92.6 cm³/mol. The van der Waals surface area contributed by atoms with Crippen molar-refractivity contribution in [1.82, 2.24) is 9.55 Å². The molecule has 24 heavy (non-hydrogen) atoms. The Morgan fingerprint density at radius 3 is 2.62 bits per heavy atom. The molecule has 1 aliphatic heterocycles. The van der Waals surface area contributed by atoms with Gasteiger partial charge in [-0.2, -0.15) is 0 Å². The maximum Gasteiger partial charge on any atom is 0.235 e. The molecular formula is C17H21N3O3S. The number of aromatic nitrogens is 2. The first-order valence-corrected chi connectivity index (χ1v) is 10.1. The number of rotatable bonds is 3. The van der Waals surface area contributed by atoms with Gasteiger partial charge in [0.25, 0.3) is 0 Å². The highest BCUT2D eigenvalue weighted by atomic mass is 32.2. The fraction of sp³-hybridized carbons (Fsp3) is 0.471. The van der Waals surface area contributed by atoms with Gasteiger partial charge in [-0.1, -0.05) is 6.42 Å². The first-order chi connectivity index (χ1) is 11.6. The zero-order valence-corrected chi connectivity index (χ0v) is 14.3. The summed E-state index contributed by atoms with van der Waals surface area (Å²) in [4.78, 5) is 4.37. The van der Waals surface area contributed by atoms with Crippen LogP contribution in [-0.4, -0.2) is 29.8 Å². The Morgan fingerprint density at radius 2 is 1.88 bits per heavy atom. The largest absolute Gasteiger partial charge is 0.490 e. The van der Waals surface area contributed by atoms with Gasteiger partial charge in [-0.15, -0.1) is 0 Å². The van der Waals surface area contributed by atoms with Gasteiger partial charge in [-0.3, -0.25) is 4.72 Å². The maximum atomic E-state index is 11.8. The number of ether oxygens (including phenoxy) is 1. The summed E-state index contributed by atoms with van der Waals surface area (Å²) in [6.07, 6.45) is 8.03. The summed E-state index contributed by atoms with van der Waals surface area (Å²) in [5.41, 5.74) is 1.53. The van der Waals surface area contributed by atoms with E-state index in [0.29, 0.717) is 24.2 Å². The molecule has 1 saturated carbocycles. The molecule has 0 bridgehead atoms. The highest BCUT2D eigenvalue weighted by molar-refractivity contribution is 7.92. The highest BCUT2D eigenvalue weighted by Crippen LogP contribution is 2.31. The van der Waals surface area contributed by atoms with Crippen LogP contribution in [0.4, 0.5) is 5.82 Å². The molecule has 2 aromatic rings. The third kappa shape index (κ3) is 3.13. The van der Waals surface area contributed by atoms with Crippen molar-refractivity contribution < 1.29 is 13.2 Å². The van der Waals surface area contributed by atoms with Crippen molar-refractivity contribution in [2.75, 3.05) is 10.5 Å². The minimum Gasteiger partial charge on any atom is -0.490 e. The van der Waals surface area contributed by atoms with E-state index < -0.39 is 10.0 Å². The summed E-state index contributed by atoms with van der Waals surface area (Å²) in [5.74, 6) is 1.49. The molecule has 1 aliphatic carbocycles. The first-order valence-electron chi connectivity index (χ1n) is 8.43. The number of hydrogen-bond acceptors (Lipinski definition) is 4. The summed E-state index contributed by atoms with van der Waals surface area (Å²) in [6, 6.07) is 7.74. The molecule has 2 aliphatic rings. The normalized spacial score (nSPS) is 20.2. The zero-order valence-electron chi connectivity index (χ0n) is 13.4. The second kappa shape index (κ2) is 6.12. The van der Waals surface area contributed by atoms with Gasteiger partial charge in [0.1, 0.15) is 17.3 Å². The van der Waals surface area contributed by atoms with Gasteiger partial charge in [0, 0.05) is 12.1 Å². The van der Waals surface area contributed by atoms with E-state index in [4.69, 9.17) is 4.74 Å².